The molecule has 1 aliphatic heterocycles. The number of hydrogen-bond donors (Lipinski definition) is 0. The number of amidine groups is 1. The van der Waals surface area contributed by atoms with Gasteiger partial charge in [0.25, 0.3) is 0 Å². The lowest BCUT2D eigenvalue weighted by Gasteiger charge is -2.22. The summed E-state index contributed by atoms with van der Waals surface area (Å²) in [5.41, 5.74) is 0.897. The van der Waals surface area contributed by atoms with Crippen molar-refractivity contribution in [1.29, 1.82) is 0 Å². The number of halogens is 3. The minimum absolute atomic E-state index is 0.311. The fraction of sp³-hybridized carbons (Fsp3) is 0.381. The molecule has 0 unspecified atom stereocenters. The number of carbonyl (C=O) groups is 1. The molecule has 0 bridgehead atoms. The molecule has 7 heteroatoms. The molecule has 28 heavy (non-hydrogen) atoms. The van der Waals surface area contributed by atoms with Crippen molar-refractivity contribution in [1.82, 2.24) is 9.88 Å². The number of alkyl halides is 3. The van der Waals surface area contributed by atoms with Gasteiger partial charge in [-0.25, -0.2) is 4.98 Å². The van der Waals surface area contributed by atoms with Gasteiger partial charge in [-0.1, -0.05) is 30.3 Å². The van der Waals surface area contributed by atoms with Crippen molar-refractivity contribution in [3.05, 3.63) is 65.0 Å². The van der Waals surface area contributed by atoms with Gasteiger partial charge >= 0.3 is 6.18 Å². The first kappa shape index (κ1) is 20.0. The van der Waals surface area contributed by atoms with Crippen LogP contribution in [0.5, 0.6) is 0 Å². The molecule has 1 aliphatic rings. The first-order chi connectivity index (χ1) is 13.3. The minimum Gasteiger partial charge on any atom is -0.356 e. The zero-order valence-corrected chi connectivity index (χ0v) is 15.7. The molecule has 1 saturated heterocycles. The summed E-state index contributed by atoms with van der Waals surface area (Å²) in [5.74, 6) is 0.0464. The monoisotopic (exact) mass is 389 g/mol. The second-order valence-electron chi connectivity index (χ2n) is 6.82. The van der Waals surface area contributed by atoms with Crippen LogP contribution < -0.4 is 0 Å². The lowest BCUT2D eigenvalue weighted by atomic mass is 10.0. The highest BCUT2D eigenvalue weighted by Crippen LogP contribution is 2.29. The zero-order chi connectivity index (χ0) is 20.1. The summed E-state index contributed by atoms with van der Waals surface area (Å²) in [7, 11) is 0. The summed E-state index contributed by atoms with van der Waals surface area (Å²) in [6.45, 7) is 2.80. The van der Waals surface area contributed by atoms with Crippen LogP contribution in [0.2, 0.25) is 0 Å². The average Bonchev–Trinajstić information content (AvgIpc) is 3.19. The summed E-state index contributed by atoms with van der Waals surface area (Å²) < 4.78 is 39.7. The van der Waals surface area contributed by atoms with E-state index in [0.717, 1.165) is 37.6 Å². The third-order valence-corrected chi connectivity index (χ3v) is 4.67. The van der Waals surface area contributed by atoms with Crippen LogP contribution in [0.1, 0.15) is 42.3 Å². The van der Waals surface area contributed by atoms with Crippen molar-refractivity contribution in [2.24, 2.45) is 4.99 Å². The van der Waals surface area contributed by atoms with Crippen LogP contribution in [0.25, 0.3) is 0 Å². The van der Waals surface area contributed by atoms with Crippen molar-refractivity contribution in [3.63, 3.8) is 0 Å². The van der Waals surface area contributed by atoms with Crippen molar-refractivity contribution < 1.29 is 18.0 Å². The van der Waals surface area contributed by atoms with Crippen molar-refractivity contribution in [2.75, 3.05) is 13.1 Å². The van der Waals surface area contributed by atoms with Gasteiger partial charge in [0.05, 0.1) is 5.69 Å². The Morgan fingerprint density at radius 1 is 1.07 bits per heavy atom. The molecule has 4 nitrogen and oxygen atoms in total. The number of aryl methyl sites for hydroxylation is 2. The predicted octanol–water partition coefficient (Wildman–Crippen LogP) is 4.27. The number of pyridine rings is 1. The smallest absolute Gasteiger partial charge is 0.356 e. The van der Waals surface area contributed by atoms with Crippen molar-refractivity contribution in [3.8, 4) is 0 Å². The highest BCUT2D eigenvalue weighted by atomic mass is 19.4. The number of benzene rings is 1. The largest absolute Gasteiger partial charge is 0.433 e. The summed E-state index contributed by atoms with van der Waals surface area (Å²) >= 11 is 0. The Morgan fingerprint density at radius 2 is 1.75 bits per heavy atom. The van der Waals surface area contributed by atoms with Crippen LogP contribution in [-0.4, -0.2) is 34.7 Å². The third kappa shape index (κ3) is 4.97. The molecule has 0 aliphatic carbocycles. The van der Waals surface area contributed by atoms with Gasteiger partial charge in [0.15, 0.2) is 0 Å². The van der Waals surface area contributed by atoms with Gasteiger partial charge in [-0.3, -0.25) is 4.79 Å². The number of rotatable bonds is 4. The highest BCUT2D eigenvalue weighted by molar-refractivity contribution is 6.05. The Hall–Kier alpha value is -2.70. The van der Waals surface area contributed by atoms with E-state index >= 15 is 0 Å². The fourth-order valence-electron chi connectivity index (χ4n) is 3.34. The zero-order valence-electron chi connectivity index (χ0n) is 15.7. The Balaban J connectivity index is 2.01. The molecule has 0 N–H and O–H groups in total. The SMILES string of the molecule is CC(=O)N=C(c1ccc(C(F)(F)F)nc1CCc1ccccc1)N1CCCC1. The number of likely N-dealkylation sites (tertiary alicyclic amines) is 1. The minimum atomic E-state index is -4.52. The van der Waals surface area contributed by atoms with Crippen LogP contribution in [-0.2, 0) is 23.8 Å². The molecule has 2 aromatic rings. The van der Waals surface area contributed by atoms with E-state index in [2.05, 4.69) is 9.98 Å². The topological polar surface area (TPSA) is 45.6 Å². The molecule has 148 valence electrons. The van der Waals surface area contributed by atoms with Crippen LogP contribution in [0.3, 0.4) is 0 Å². The van der Waals surface area contributed by atoms with Crippen molar-refractivity contribution in [2.45, 2.75) is 38.8 Å². The second-order valence-corrected chi connectivity index (χ2v) is 6.82. The molecular formula is C21H22F3N3O. The first-order valence-electron chi connectivity index (χ1n) is 9.30. The van der Waals surface area contributed by atoms with E-state index in [1.165, 1.54) is 13.0 Å². The maximum atomic E-state index is 13.2. The van der Waals surface area contributed by atoms with E-state index in [-0.39, 0.29) is 5.91 Å². The van der Waals surface area contributed by atoms with Crippen molar-refractivity contribution >= 4 is 11.7 Å². The second kappa shape index (κ2) is 8.54. The number of aliphatic imine (C=N–C) groups is 1. The number of hydrogen-bond acceptors (Lipinski definition) is 2. The number of nitrogens with zero attached hydrogens (tertiary/aromatic N) is 3. The van der Waals surface area contributed by atoms with Crippen LogP contribution in [0, 0.1) is 0 Å². The average molecular weight is 389 g/mol. The number of amides is 1. The molecule has 0 saturated carbocycles. The van der Waals surface area contributed by atoms with Crippen LogP contribution in [0.15, 0.2) is 47.5 Å². The summed E-state index contributed by atoms with van der Waals surface area (Å²) in [5, 5.41) is 0. The Labute approximate surface area is 162 Å². The highest BCUT2D eigenvalue weighted by Gasteiger charge is 2.33. The van der Waals surface area contributed by atoms with E-state index in [1.54, 1.807) is 0 Å². The van der Waals surface area contributed by atoms with E-state index < -0.39 is 11.9 Å². The standard InChI is InChI=1S/C21H22F3N3O/c1-15(28)25-20(27-13-5-6-14-27)17-10-12-19(21(22,23)24)26-18(17)11-9-16-7-3-2-4-8-16/h2-4,7-8,10,12H,5-6,9,11,13-14H2,1H3. The van der Waals surface area contributed by atoms with Gasteiger partial charge < -0.3 is 4.90 Å². The van der Waals surface area contributed by atoms with Crippen LogP contribution >= 0.6 is 0 Å². The molecule has 1 fully saturated rings. The Bertz CT molecular complexity index is 857. The van der Waals surface area contributed by atoms with E-state index in [9.17, 15) is 18.0 Å². The van der Waals surface area contributed by atoms with Gasteiger partial charge in [0, 0.05) is 25.6 Å². The lowest BCUT2D eigenvalue weighted by molar-refractivity contribution is -0.141. The molecule has 3 rings (SSSR count). The predicted molar refractivity (Wildman–Crippen MR) is 101 cm³/mol. The molecule has 0 spiro atoms. The van der Waals surface area contributed by atoms with E-state index in [1.807, 2.05) is 35.2 Å². The molecule has 0 radical (unpaired) electrons. The number of aromatic nitrogens is 1. The van der Waals surface area contributed by atoms with Gasteiger partial charge in [-0.2, -0.15) is 18.2 Å². The summed E-state index contributed by atoms with van der Waals surface area (Å²) in [6.07, 6.45) is -1.72. The third-order valence-electron chi connectivity index (χ3n) is 4.67. The summed E-state index contributed by atoms with van der Waals surface area (Å²) in [4.78, 5) is 21.7. The Morgan fingerprint density at radius 3 is 2.36 bits per heavy atom. The van der Waals surface area contributed by atoms with Gasteiger partial charge in [0.2, 0.25) is 5.91 Å². The molecule has 1 aromatic heterocycles. The van der Waals surface area contributed by atoms with E-state index in [0.29, 0.717) is 29.9 Å². The maximum Gasteiger partial charge on any atom is 0.433 e. The van der Waals surface area contributed by atoms with E-state index in [4.69, 9.17) is 0 Å². The molecule has 0 atom stereocenters. The molecule has 2 heterocycles. The maximum absolute atomic E-state index is 13.2. The molecule has 1 amide bonds. The summed E-state index contributed by atoms with van der Waals surface area (Å²) in [6, 6.07) is 11.9. The Kier molecular flexibility index (Phi) is 6.11. The molecule has 1 aromatic carbocycles. The normalized spacial score (nSPS) is 15.1. The molecular weight excluding hydrogens is 367 g/mol. The fourth-order valence-corrected chi connectivity index (χ4v) is 3.34. The van der Waals surface area contributed by atoms with Gasteiger partial charge in [0.1, 0.15) is 11.5 Å². The first-order valence-corrected chi connectivity index (χ1v) is 9.30. The quantitative estimate of drug-likeness (QED) is 0.579. The van der Waals surface area contributed by atoms with Gasteiger partial charge in [-0.15, -0.1) is 0 Å². The number of carbonyl (C=O) groups excluding carboxylic acids is 1. The van der Waals surface area contributed by atoms with Crippen LogP contribution in [0.4, 0.5) is 13.2 Å². The lowest BCUT2D eigenvalue weighted by Crippen LogP contribution is -2.31. The van der Waals surface area contributed by atoms with Gasteiger partial charge in [-0.05, 0) is 43.4 Å².